The number of methoxy groups -OCH3 is 2. The van der Waals surface area contributed by atoms with Gasteiger partial charge in [0, 0.05) is 19.8 Å². The first-order valence-corrected chi connectivity index (χ1v) is 11.3. The number of fused-ring (bicyclic) bond motifs is 1. The van der Waals surface area contributed by atoms with E-state index in [1.165, 1.54) is 6.07 Å². The summed E-state index contributed by atoms with van der Waals surface area (Å²) < 4.78 is 16.4. The summed E-state index contributed by atoms with van der Waals surface area (Å²) >= 11 is 0. The summed E-state index contributed by atoms with van der Waals surface area (Å²) in [6.45, 7) is 2.99. The Balaban J connectivity index is 1.57. The van der Waals surface area contributed by atoms with Crippen LogP contribution in [0.15, 0.2) is 72.5 Å². The molecule has 34 heavy (non-hydrogen) atoms. The van der Waals surface area contributed by atoms with Gasteiger partial charge >= 0.3 is 0 Å². The van der Waals surface area contributed by atoms with Crippen LogP contribution in [-0.4, -0.2) is 46.3 Å². The van der Waals surface area contributed by atoms with E-state index < -0.39 is 0 Å². The number of ether oxygens (including phenoxy) is 3. The van der Waals surface area contributed by atoms with Gasteiger partial charge in [-0.2, -0.15) is 0 Å². The number of quaternary nitrogens is 1. The summed E-state index contributed by atoms with van der Waals surface area (Å²) in [6, 6.07) is 21.1. The van der Waals surface area contributed by atoms with Gasteiger partial charge < -0.3 is 24.2 Å². The van der Waals surface area contributed by atoms with Gasteiger partial charge in [0.05, 0.1) is 18.8 Å². The first kappa shape index (κ1) is 23.7. The quantitative estimate of drug-likeness (QED) is 0.472. The molecule has 1 heterocycles. The molecule has 0 fully saturated rings. The molecule has 4 rings (SSSR count). The molecule has 1 aliphatic heterocycles. The number of carbonyl (C=O) groups excluding carboxylic acids is 1. The minimum absolute atomic E-state index is 0.132. The molecule has 0 unspecified atom stereocenters. The third-order valence-electron chi connectivity index (χ3n) is 5.96. The van der Waals surface area contributed by atoms with Crippen LogP contribution in [0.1, 0.15) is 21.5 Å². The lowest BCUT2D eigenvalue weighted by molar-refractivity contribution is -0.914. The molecule has 3 aromatic rings. The molecule has 0 saturated carbocycles. The van der Waals surface area contributed by atoms with Crippen LogP contribution in [0.3, 0.4) is 0 Å². The van der Waals surface area contributed by atoms with E-state index in [1.54, 1.807) is 26.4 Å². The van der Waals surface area contributed by atoms with Crippen molar-refractivity contribution in [3.05, 3.63) is 89.2 Å². The predicted octanol–water partition coefficient (Wildman–Crippen LogP) is 2.72. The fourth-order valence-corrected chi connectivity index (χ4v) is 4.05. The minimum atomic E-state index is -0.210. The van der Waals surface area contributed by atoms with Gasteiger partial charge in [-0.1, -0.05) is 66.4 Å². The average Bonchev–Trinajstić information content (AvgIpc) is 3.18. The second-order valence-corrected chi connectivity index (χ2v) is 8.26. The Kier molecular flexibility index (Phi) is 7.75. The van der Waals surface area contributed by atoms with Crippen LogP contribution in [-0.2, 0) is 16.0 Å². The Bertz CT molecular complexity index is 1150. The first-order chi connectivity index (χ1) is 16.6. The minimum Gasteiger partial charge on any atom is -0.872 e. The molecule has 176 valence electrons. The van der Waals surface area contributed by atoms with Crippen LogP contribution in [0, 0.1) is 0 Å². The van der Waals surface area contributed by atoms with Crippen LogP contribution >= 0.6 is 0 Å². The molecule has 0 bridgehead atoms. The highest BCUT2D eigenvalue weighted by Gasteiger charge is 2.31. The maximum absolute atomic E-state index is 13.0. The molecule has 6 nitrogen and oxygen atoms in total. The Hall–Kier alpha value is -3.45. The molecule has 0 atom stereocenters. The summed E-state index contributed by atoms with van der Waals surface area (Å²) in [7, 11) is 3.30. The van der Waals surface area contributed by atoms with Crippen molar-refractivity contribution in [3.8, 4) is 22.6 Å². The number of carbonyl (C=O) groups is 1. The van der Waals surface area contributed by atoms with Crippen molar-refractivity contribution < 1.29 is 29.0 Å². The van der Waals surface area contributed by atoms with E-state index in [1.807, 2.05) is 42.5 Å². The van der Waals surface area contributed by atoms with Crippen molar-refractivity contribution in [2.75, 3.05) is 40.5 Å². The number of rotatable bonds is 10. The molecule has 1 aliphatic rings. The number of hydrogen-bond donors (Lipinski definition) is 1. The lowest BCUT2D eigenvalue weighted by Gasteiger charge is -2.23. The lowest BCUT2D eigenvalue weighted by atomic mass is 10.0. The number of nitrogens with one attached hydrogen (secondary N) is 1. The molecule has 0 aliphatic carbocycles. The van der Waals surface area contributed by atoms with Crippen LogP contribution < -0.4 is 14.7 Å². The number of benzene rings is 3. The van der Waals surface area contributed by atoms with E-state index in [9.17, 15) is 9.90 Å². The predicted molar refractivity (Wildman–Crippen MR) is 129 cm³/mol. The van der Waals surface area contributed by atoms with E-state index in [-0.39, 0.29) is 17.3 Å². The number of Topliss-reactive ketones (excluding diaryl/α,β-unsaturated/α-hetero) is 1. The molecule has 0 amide bonds. The highest BCUT2D eigenvalue weighted by molar-refractivity contribution is 6.15. The van der Waals surface area contributed by atoms with Gasteiger partial charge in [0.2, 0.25) is 5.78 Å². The maximum atomic E-state index is 13.0. The molecule has 0 radical (unpaired) electrons. The van der Waals surface area contributed by atoms with E-state index in [4.69, 9.17) is 14.2 Å². The topological polar surface area (TPSA) is 72.3 Å². The smallest absolute Gasteiger partial charge is 0.231 e. The molecular formula is C28H29NO5. The van der Waals surface area contributed by atoms with E-state index in [0.29, 0.717) is 49.7 Å². The van der Waals surface area contributed by atoms with Crippen LogP contribution in [0.4, 0.5) is 0 Å². The van der Waals surface area contributed by atoms with Crippen molar-refractivity contribution in [1.29, 1.82) is 0 Å². The van der Waals surface area contributed by atoms with E-state index in [2.05, 4.69) is 12.1 Å². The molecule has 0 spiro atoms. The highest BCUT2D eigenvalue weighted by Crippen LogP contribution is 2.38. The number of allylic oxidation sites excluding steroid dienone is 1. The Morgan fingerprint density at radius 2 is 1.53 bits per heavy atom. The van der Waals surface area contributed by atoms with Crippen molar-refractivity contribution in [1.82, 2.24) is 0 Å². The summed E-state index contributed by atoms with van der Waals surface area (Å²) in [4.78, 5) is 14.2. The summed E-state index contributed by atoms with van der Waals surface area (Å²) in [5, 5.41) is 12.7. The average molecular weight is 460 g/mol. The summed E-state index contributed by atoms with van der Waals surface area (Å²) in [6.07, 6.45) is 1.73. The second-order valence-electron chi connectivity index (χ2n) is 8.26. The third kappa shape index (κ3) is 5.37. The molecule has 0 aromatic heterocycles. The molecule has 6 heteroatoms. The van der Waals surface area contributed by atoms with Gasteiger partial charge in [-0.05, 0) is 28.8 Å². The van der Waals surface area contributed by atoms with Crippen molar-refractivity contribution >= 4 is 11.9 Å². The molecule has 1 N–H and O–H groups in total. The fraction of sp³-hybridized carbons (Fsp3) is 0.250. The summed E-state index contributed by atoms with van der Waals surface area (Å²) in [5.74, 6) is 0.257. The zero-order valence-corrected chi connectivity index (χ0v) is 19.5. The normalized spacial score (nSPS) is 14.0. The van der Waals surface area contributed by atoms with E-state index >= 15 is 0 Å². The molecule has 0 saturated heterocycles. The lowest BCUT2D eigenvalue weighted by Crippen LogP contribution is -3.11. The Morgan fingerprint density at radius 1 is 0.882 bits per heavy atom. The number of hydrogen-bond acceptors (Lipinski definition) is 5. The SMILES string of the molecule is COCC[NH+](CCOC)Cc1c([O-])ccc2c1OC(=Cc1ccc(-c3ccccc3)cc1)C2=O. The summed E-state index contributed by atoms with van der Waals surface area (Å²) in [5.41, 5.74) is 4.02. The Labute approximate surface area is 200 Å². The monoisotopic (exact) mass is 459 g/mol. The van der Waals surface area contributed by atoms with Crippen molar-refractivity contribution in [2.24, 2.45) is 0 Å². The van der Waals surface area contributed by atoms with Gasteiger partial charge in [0.25, 0.3) is 0 Å². The standard InChI is InChI=1S/C28H29NO5/c1-32-16-14-29(15-17-33-2)19-24-25(30)13-12-23-27(31)26(34-28(23)24)18-20-8-10-22(11-9-20)21-6-4-3-5-7-21/h3-13,18,30H,14-17,19H2,1-2H3. The maximum Gasteiger partial charge on any atom is 0.231 e. The van der Waals surface area contributed by atoms with Crippen molar-refractivity contribution in [2.45, 2.75) is 6.54 Å². The highest BCUT2D eigenvalue weighted by atomic mass is 16.5. The molecule has 3 aromatic carbocycles. The van der Waals surface area contributed by atoms with Crippen LogP contribution in [0.5, 0.6) is 11.5 Å². The number of ketones is 1. The van der Waals surface area contributed by atoms with Crippen molar-refractivity contribution in [3.63, 3.8) is 0 Å². The second kappa shape index (κ2) is 11.1. The molecular weight excluding hydrogens is 430 g/mol. The fourth-order valence-electron chi connectivity index (χ4n) is 4.05. The van der Waals surface area contributed by atoms with Gasteiger partial charge in [-0.25, -0.2) is 0 Å². The third-order valence-corrected chi connectivity index (χ3v) is 5.96. The Morgan fingerprint density at radius 3 is 2.18 bits per heavy atom. The van der Waals surface area contributed by atoms with Crippen LogP contribution in [0.2, 0.25) is 0 Å². The van der Waals surface area contributed by atoms with Gasteiger partial charge in [0.1, 0.15) is 25.4 Å². The first-order valence-electron chi connectivity index (χ1n) is 11.3. The zero-order chi connectivity index (χ0) is 23.9. The largest absolute Gasteiger partial charge is 0.872 e. The van der Waals surface area contributed by atoms with Gasteiger partial charge in [-0.3, -0.25) is 4.79 Å². The van der Waals surface area contributed by atoms with E-state index in [0.717, 1.165) is 21.6 Å². The van der Waals surface area contributed by atoms with Gasteiger partial charge in [-0.15, -0.1) is 0 Å². The van der Waals surface area contributed by atoms with Gasteiger partial charge in [0.15, 0.2) is 5.76 Å². The van der Waals surface area contributed by atoms with Crippen LogP contribution in [0.25, 0.3) is 17.2 Å². The zero-order valence-electron chi connectivity index (χ0n) is 19.5.